The molecule has 27 heavy (non-hydrogen) atoms. The van der Waals surface area contributed by atoms with Gasteiger partial charge >= 0.3 is 0 Å². The number of carbonyl (C=O) groups excluding carboxylic acids is 1. The maximum Gasteiger partial charge on any atom is 0.267 e. The van der Waals surface area contributed by atoms with Crippen molar-refractivity contribution in [2.45, 2.75) is 44.6 Å². The van der Waals surface area contributed by atoms with E-state index >= 15 is 0 Å². The summed E-state index contributed by atoms with van der Waals surface area (Å²) in [7, 11) is 0. The van der Waals surface area contributed by atoms with Gasteiger partial charge in [0.2, 0.25) is 0 Å². The molecule has 0 radical (unpaired) electrons. The summed E-state index contributed by atoms with van der Waals surface area (Å²) in [6, 6.07) is 4.30. The number of aromatic nitrogens is 1. The lowest BCUT2D eigenvalue weighted by atomic mass is 9.89. The highest BCUT2D eigenvalue weighted by molar-refractivity contribution is 5.90. The number of anilines is 1. The number of carbonyl (C=O) groups is 1. The number of hydrogen-bond donors (Lipinski definition) is 3. The Kier molecular flexibility index (Phi) is 10.7. The summed E-state index contributed by atoms with van der Waals surface area (Å²) in [6.45, 7) is 3.52. The Morgan fingerprint density at radius 2 is 2.00 bits per heavy atom. The van der Waals surface area contributed by atoms with Crippen LogP contribution in [0.5, 0.6) is 0 Å². The molecule has 3 N–H and O–H groups in total. The SMILES string of the molecule is Cl.Cl.O=C(/C=C/c1ccc(N[C@@H]2CCN(CC3CCCCC3)C2)nc1)NO. The fourth-order valence-electron chi connectivity index (χ4n) is 3.86. The molecule has 1 aliphatic carbocycles. The van der Waals surface area contributed by atoms with Gasteiger partial charge in [0.1, 0.15) is 5.82 Å². The van der Waals surface area contributed by atoms with Crippen molar-refractivity contribution < 1.29 is 10.0 Å². The molecule has 1 aromatic heterocycles. The number of rotatable bonds is 6. The van der Waals surface area contributed by atoms with Crippen molar-refractivity contribution in [3.05, 3.63) is 30.0 Å². The van der Waals surface area contributed by atoms with Gasteiger partial charge in [-0.2, -0.15) is 0 Å². The average molecular weight is 417 g/mol. The lowest BCUT2D eigenvalue weighted by Gasteiger charge is -2.26. The van der Waals surface area contributed by atoms with Gasteiger partial charge in [0.15, 0.2) is 0 Å². The molecule has 1 aromatic rings. The number of nitrogens with zero attached hydrogens (tertiary/aromatic N) is 2. The van der Waals surface area contributed by atoms with Crippen LogP contribution in [0.1, 0.15) is 44.1 Å². The van der Waals surface area contributed by atoms with Crippen LogP contribution >= 0.6 is 24.8 Å². The van der Waals surface area contributed by atoms with Gasteiger partial charge in [-0.1, -0.05) is 19.3 Å². The molecule has 0 bridgehead atoms. The van der Waals surface area contributed by atoms with E-state index in [4.69, 9.17) is 5.21 Å². The van der Waals surface area contributed by atoms with Gasteiger partial charge in [0.05, 0.1) is 0 Å². The number of pyridine rings is 1. The zero-order valence-electron chi connectivity index (χ0n) is 15.5. The number of hydrogen-bond acceptors (Lipinski definition) is 5. The Labute approximate surface area is 173 Å². The summed E-state index contributed by atoms with van der Waals surface area (Å²) in [4.78, 5) is 18.0. The highest BCUT2D eigenvalue weighted by atomic mass is 35.5. The van der Waals surface area contributed by atoms with Crippen LogP contribution in [0, 0.1) is 5.92 Å². The van der Waals surface area contributed by atoms with E-state index < -0.39 is 5.91 Å². The molecule has 2 fully saturated rings. The molecule has 1 saturated heterocycles. The number of hydroxylamine groups is 1. The molecular weight excluding hydrogens is 387 g/mol. The van der Waals surface area contributed by atoms with Crippen molar-refractivity contribution in [2.75, 3.05) is 25.0 Å². The van der Waals surface area contributed by atoms with Gasteiger partial charge in [-0.25, -0.2) is 10.5 Å². The molecule has 1 atom stereocenters. The summed E-state index contributed by atoms with van der Waals surface area (Å²) < 4.78 is 0. The lowest BCUT2D eigenvalue weighted by Crippen LogP contribution is -2.31. The first-order valence-electron chi connectivity index (χ1n) is 9.30. The fraction of sp³-hybridized carbons (Fsp3) is 0.579. The fourth-order valence-corrected chi connectivity index (χ4v) is 3.86. The second-order valence-electron chi connectivity index (χ2n) is 7.18. The van der Waals surface area contributed by atoms with Crippen molar-refractivity contribution in [3.8, 4) is 0 Å². The van der Waals surface area contributed by atoms with E-state index in [1.54, 1.807) is 17.8 Å². The third kappa shape index (κ3) is 7.66. The van der Waals surface area contributed by atoms with Crippen LogP contribution in [-0.4, -0.2) is 46.7 Å². The van der Waals surface area contributed by atoms with Crippen LogP contribution in [0.25, 0.3) is 6.08 Å². The molecule has 8 heteroatoms. The second-order valence-corrected chi connectivity index (χ2v) is 7.18. The van der Waals surface area contributed by atoms with Crippen LogP contribution in [0.2, 0.25) is 0 Å². The topological polar surface area (TPSA) is 77.5 Å². The predicted molar refractivity (Wildman–Crippen MR) is 113 cm³/mol. The number of halogens is 2. The van der Waals surface area contributed by atoms with Gasteiger partial charge in [0, 0.05) is 37.9 Å². The molecule has 1 amide bonds. The van der Waals surface area contributed by atoms with Crippen molar-refractivity contribution >= 4 is 42.6 Å². The lowest BCUT2D eigenvalue weighted by molar-refractivity contribution is -0.124. The van der Waals surface area contributed by atoms with Crippen LogP contribution in [0.15, 0.2) is 24.4 Å². The van der Waals surface area contributed by atoms with E-state index in [0.717, 1.165) is 30.3 Å². The Morgan fingerprint density at radius 1 is 1.22 bits per heavy atom. The zero-order valence-corrected chi connectivity index (χ0v) is 17.1. The molecule has 152 valence electrons. The minimum Gasteiger partial charge on any atom is -0.366 e. The first-order valence-corrected chi connectivity index (χ1v) is 9.30. The van der Waals surface area contributed by atoms with Crippen LogP contribution in [0.4, 0.5) is 5.82 Å². The first-order chi connectivity index (χ1) is 12.2. The van der Waals surface area contributed by atoms with Crippen molar-refractivity contribution in [1.29, 1.82) is 0 Å². The molecule has 1 aliphatic heterocycles. The molecule has 0 aromatic carbocycles. The van der Waals surface area contributed by atoms with E-state index in [2.05, 4.69) is 15.2 Å². The number of nitrogens with one attached hydrogen (secondary N) is 2. The molecule has 1 saturated carbocycles. The minimum absolute atomic E-state index is 0. The highest BCUT2D eigenvalue weighted by Gasteiger charge is 2.25. The first kappa shape index (κ1) is 23.7. The van der Waals surface area contributed by atoms with Gasteiger partial charge in [0.25, 0.3) is 5.91 Å². The maximum atomic E-state index is 11.0. The molecule has 2 aliphatic rings. The van der Waals surface area contributed by atoms with Gasteiger partial charge < -0.3 is 10.2 Å². The number of likely N-dealkylation sites (tertiary alicyclic amines) is 1. The van der Waals surface area contributed by atoms with Crippen molar-refractivity contribution in [2.24, 2.45) is 5.92 Å². The molecular formula is C19H30Cl2N4O2. The van der Waals surface area contributed by atoms with E-state index in [-0.39, 0.29) is 24.8 Å². The van der Waals surface area contributed by atoms with Crippen molar-refractivity contribution in [1.82, 2.24) is 15.4 Å². The largest absolute Gasteiger partial charge is 0.366 e. The number of amides is 1. The quantitative estimate of drug-likeness (QED) is 0.375. The Balaban J connectivity index is 0.00000182. The van der Waals surface area contributed by atoms with E-state index in [1.807, 2.05) is 12.1 Å². The van der Waals surface area contributed by atoms with Gasteiger partial charge in [-0.15, -0.1) is 24.8 Å². The third-order valence-corrected chi connectivity index (χ3v) is 5.19. The summed E-state index contributed by atoms with van der Waals surface area (Å²) in [5, 5.41) is 12.0. The minimum atomic E-state index is -0.550. The summed E-state index contributed by atoms with van der Waals surface area (Å²) in [5.74, 6) is 1.22. The molecule has 0 spiro atoms. The smallest absolute Gasteiger partial charge is 0.267 e. The van der Waals surface area contributed by atoms with E-state index in [0.29, 0.717) is 6.04 Å². The molecule has 6 nitrogen and oxygen atoms in total. The Bertz CT molecular complexity index is 592. The molecule has 3 rings (SSSR count). The Morgan fingerprint density at radius 3 is 2.67 bits per heavy atom. The summed E-state index contributed by atoms with van der Waals surface area (Å²) >= 11 is 0. The second kappa shape index (κ2) is 12.2. The molecule has 0 unspecified atom stereocenters. The van der Waals surface area contributed by atoms with Crippen LogP contribution in [0.3, 0.4) is 0 Å². The van der Waals surface area contributed by atoms with Gasteiger partial charge in [-0.05, 0) is 49.0 Å². The normalized spacial score (nSPS) is 20.7. The van der Waals surface area contributed by atoms with E-state index in [1.165, 1.54) is 51.3 Å². The predicted octanol–water partition coefficient (Wildman–Crippen LogP) is 3.51. The molecule has 2 heterocycles. The van der Waals surface area contributed by atoms with E-state index in [9.17, 15) is 4.79 Å². The van der Waals surface area contributed by atoms with Crippen LogP contribution < -0.4 is 10.8 Å². The monoisotopic (exact) mass is 416 g/mol. The summed E-state index contributed by atoms with van der Waals surface area (Å²) in [5.41, 5.74) is 2.38. The van der Waals surface area contributed by atoms with Crippen LogP contribution in [-0.2, 0) is 4.79 Å². The van der Waals surface area contributed by atoms with Crippen molar-refractivity contribution in [3.63, 3.8) is 0 Å². The Hall–Kier alpha value is -1.34. The standard InChI is InChI=1S/C19H28N4O2.2ClH/c24-19(22-25)9-7-15-6-8-18(20-12-15)21-17-10-11-23(14-17)13-16-4-2-1-3-5-16;;/h6-9,12,16-17,25H,1-5,10-11,13-14H2,(H,20,21)(H,22,24);2*1H/b9-7+;;/t17-;;/m1../s1. The average Bonchev–Trinajstić information content (AvgIpc) is 3.08. The van der Waals surface area contributed by atoms with Gasteiger partial charge in [-0.3, -0.25) is 10.0 Å². The summed E-state index contributed by atoms with van der Waals surface area (Å²) in [6.07, 6.45) is 12.8. The third-order valence-electron chi connectivity index (χ3n) is 5.19. The maximum absolute atomic E-state index is 11.0. The highest BCUT2D eigenvalue weighted by Crippen LogP contribution is 2.26. The zero-order chi connectivity index (χ0) is 17.5.